The van der Waals surface area contributed by atoms with Gasteiger partial charge in [0.15, 0.2) is 6.10 Å². The van der Waals surface area contributed by atoms with E-state index >= 15 is 0 Å². The molecule has 0 rings (SSSR count). The fourth-order valence-electron chi connectivity index (χ4n) is 10.6. The minimum atomic E-state index is -0.785. The van der Waals surface area contributed by atoms with E-state index in [1.807, 2.05) is 0 Å². The zero-order valence-electron chi connectivity index (χ0n) is 57.7. The molecule has 502 valence electrons. The van der Waals surface area contributed by atoms with Crippen LogP contribution in [0, 0.1) is 0 Å². The molecule has 0 spiro atoms. The van der Waals surface area contributed by atoms with Crippen LogP contribution in [0.1, 0.15) is 348 Å². The van der Waals surface area contributed by atoms with Gasteiger partial charge in [-0.25, -0.2) is 0 Å². The summed E-state index contributed by atoms with van der Waals surface area (Å²) in [7, 11) is 0. The van der Waals surface area contributed by atoms with Gasteiger partial charge in [-0.1, -0.05) is 359 Å². The molecule has 1 N–H and O–H groups in total. The number of allylic oxidation sites excluding steroid dienone is 24. The number of hydrogen-bond acceptors (Lipinski definition) is 5. The number of carbonyl (C=O) groups is 2. The van der Waals surface area contributed by atoms with Gasteiger partial charge in [0.05, 0.1) is 6.61 Å². The van der Waals surface area contributed by atoms with E-state index in [0.29, 0.717) is 12.8 Å². The van der Waals surface area contributed by atoms with Crippen molar-refractivity contribution in [3.8, 4) is 0 Å². The number of aliphatic hydroxyl groups is 1. The molecule has 5 heteroatoms. The molecule has 0 saturated heterocycles. The van der Waals surface area contributed by atoms with Gasteiger partial charge in [0.25, 0.3) is 0 Å². The lowest BCUT2D eigenvalue weighted by Gasteiger charge is -2.15. The van der Waals surface area contributed by atoms with E-state index in [2.05, 4.69) is 160 Å². The summed E-state index contributed by atoms with van der Waals surface area (Å²) in [5.74, 6) is -0.592. The van der Waals surface area contributed by atoms with Gasteiger partial charge in [0.2, 0.25) is 0 Å². The van der Waals surface area contributed by atoms with Crippen molar-refractivity contribution in [3.05, 3.63) is 146 Å². The average Bonchev–Trinajstić information content (AvgIpc) is 3.55. The first kappa shape index (κ1) is 83.8. The Morgan fingerprint density at radius 3 is 0.739 bits per heavy atom. The van der Waals surface area contributed by atoms with Crippen LogP contribution >= 0.6 is 0 Å². The quantitative estimate of drug-likeness (QED) is 0.0373. The summed E-state index contributed by atoms with van der Waals surface area (Å²) in [6, 6.07) is 0. The number of ether oxygens (including phenoxy) is 2. The summed E-state index contributed by atoms with van der Waals surface area (Å²) in [5, 5.41) is 9.72. The highest BCUT2D eigenvalue weighted by molar-refractivity contribution is 5.70. The summed E-state index contributed by atoms with van der Waals surface area (Å²) in [6.07, 6.45) is 116. The normalized spacial score (nSPS) is 13.1. The van der Waals surface area contributed by atoms with Gasteiger partial charge in [0.1, 0.15) is 6.61 Å². The summed E-state index contributed by atoms with van der Waals surface area (Å²) in [4.78, 5) is 24.7. The SMILES string of the molecule is CC/C=C\C/C=C\C/C=C\C/C=C\C/C=C\C/C=C\C/C=C\C/C=C\C/C=C\CCCCCCCCCCCC(=O)OC(CO)COC(=O)CCCCCCCCCCCCCCCCCCCCCCCC/C=C\C/C=C\C/C=C\CCCCCCC. The van der Waals surface area contributed by atoms with Crippen LogP contribution in [-0.4, -0.2) is 36.4 Å². The lowest BCUT2D eigenvalue weighted by atomic mass is 10.0. The Morgan fingerprint density at radius 1 is 0.273 bits per heavy atom. The molecule has 0 aliphatic rings. The predicted octanol–water partition coefficient (Wildman–Crippen LogP) is 26.4. The first-order chi connectivity index (χ1) is 43.6. The van der Waals surface area contributed by atoms with Crippen molar-refractivity contribution >= 4 is 11.9 Å². The third-order valence-corrected chi connectivity index (χ3v) is 16.1. The van der Waals surface area contributed by atoms with Crippen molar-refractivity contribution in [3.63, 3.8) is 0 Å². The van der Waals surface area contributed by atoms with E-state index in [-0.39, 0.29) is 25.2 Å². The smallest absolute Gasteiger partial charge is 0.306 e. The molecule has 5 nitrogen and oxygen atoms in total. The van der Waals surface area contributed by atoms with Crippen LogP contribution in [0.2, 0.25) is 0 Å². The summed E-state index contributed by atoms with van der Waals surface area (Å²) in [5.41, 5.74) is 0. The number of hydrogen-bond donors (Lipinski definition) is 1. The molecule has 0 aromatic rings. The van der Waals surface area contributed by atoms with Crippen LogP contribution in [0.4, 0.5) is 0 Å². The minimum absolute atomic E-state index is 0.0724. The second-order valence-electron chi connectivity index (χ2n) is 24.6. The van der Waals surface area contributed by atoms with Gasteiger partial charge < -0.3 is 14.6 Å². The molecule has 0 aliphatic heterocycles. The largest absolute Gasteiger partial charge is 0.462 e. The summed E-state index contributed by atoms with van der Waals surface area (Å²) >= 11 is 0. The molecular formula is C83H140O5. The molecule has 0 radical (unpaired) electrons. The van der Waals surface area contributed by atoms with Gasteiger partial charge in [-0.05, 0) is 122 Å². The third kappa shape index (κ3) is 74.2. The van der Waals surface area contributed by atoms with Gasteiger partial charge in [-0.15, -0.1) is 0 Å². The molecule has 1 atom stereocenters. The zero-order chi connectivity index (χ0) is 63.3. The fourth-order valence-corrected chi connectivity index (χ4v) is 10.6. The van der Waals surface area contributed by atoms with Gasteiger partial charge in [-0.2, -0.15) is 0 Å². The third-order valence-electron chi connectivity index (χ3n) is 16.1. The van der Waals surface area contributed by atoms with E-state index in [4.69, 9.17) is 9.47 Å². The first-order valence-corrected chi connectivity index (χ1v) is 37.4. The highest BCUT2D eigenvalue weighted by Gasteiger charge is 2.16. The number of esters is 2. The molecule has 0 heterocycles. The van der Waals surface area contributed by atoms with Gasteiger partial charge in [0, 0.05) is 12.8 Å². The zero-order valence-corrected chi connectivity index (χ0v) is 57.7. The predicted molar refractivity (Wildman–Crippen MR) is 389 cm³/mol. The Kier molecular flexibility index (Phi) is 73.3. The Hall–Kier alpha value is -4.22. The van der Waals surface area contributed by atoms with Crippen LogP contribution in [0.3, 0.4) is 0 Å². The Balaban J connectivity index is 3.50. The molecule has 0 aromatic heterocycles. The Labute approximate surface area is 546 Å². The Morgan fingerprint density at radius 2 is 0.489 bits per heavy atom. The topological polar surface area (TPSA) is 72.8 Å². The van der Waals surface area contributed by atoms with Crippen LogP contribution in [-0.2, 0) is 19.1 Å². The van der Waals surface area contributed by atoms with E-state index in [9.17, 15) is 14.7 Å². The lowest BCUT2D eigenvalue weighted by Crippen LogP contribution is -2.28. The van der Waals surface area contributed by atoms with Crippen LogP contribution in [0.25, 0.3) is 0 Å². The molecule has 0 aliphatic carbocycles. The number of carbonyl (C=O) groups excluding carboxylic acids is 2. The number of rotatable bonds is 68. The van der Waals surface area contributed by atoms with Crippen molar-refractivity contribution < 1.29 is 24.2 Å². The molecule has 88 heavy (non-hydrogen) atoms. The second-order valence-corrected chi connectivity index (χ2v) is 24.6. The van der Waals surface area contributed by atoms with Gasteiger partial charge >= 0.3 is 11.9 Å². The van der Waals surface area contributed by atoms with E-state index in [1.54, 1.807) is 0 Å². The van der Waals surface area contributed by atoms with E-state index in [0.717, 1.165) is 116 Å². The molecule has 0 bridgehead atoms. The molecule has 0 amide bonds. The number of unbranched alkanes of at least 4 members (excludes halogenated alkanes) is 36. The highest BCUT2D eigenvalue weighted by atomic mass is 16.6. The fraction of sp³-hybridized carbons (Fsp3) is 0.687. The lowest BCUT2D eigenvalue weighted by molar-refractivity contribution is -0.161. The van der Waals surface area contributed by atoms with Crippen LogP contribution in [0.5, 0.6) is 0 Å². The molecule has 0 aromatic carbocycles. The maximum absolute atomic E-state index is 12.4. The average molecular weight is 1220 g/mol. The summed E-state index contributed by atoms with van der Waals surface area (Å²) in [6.45, 7) is 4.03. The standard InChI is InChI=1S/C83H140O5/c1-3-5-7-9-11-13-15-17-19-21-23-25-27-29-31-33-35-37-39-41-43-45-47-49-51-53-55-57-59-61-63-65-67-69-71-73-75-77-82(85)87-80-81(79-84)88-83(86)78-76-74-72-70-68-66-64-62-60-58-56-54-52-50-48-46-44-42-40-38-36-34-32-30-28-26-24-22-20-18-16-14-12-10-8-6-4-2/h6,8,12,14-15,17-18,20-21,23-24,26-27,29-30,32,36,38,42,44,48,50,54,56,81,84H,3-5,7,9-11,13,16,19,22,25,28,31,33-35,37,39-41,43,45-47,49,51-53,55,57-80H2,1-2H3/b8-6-,14-12-,17-15-,20-18-,23-21-,26-24-,29-27-,32-30-,38-36-,44-42-,50-48-,56-54-. The molecule has 0 saturated carbocycles. The van der Waals surface area contributed by atoms with Gasteiger partial charge in [-0.3, -0.25) is 9.59 Å². The molecule has 0 fully saturated rings. The van der Waals surface area contributed by atoms with Crippen molar-refractivity contribution in [2.45, 2.75) is 354 Å². The highest BCUT2D eigenvalue weighted by Crippen LogP contribution is 2.18. The monoisotopic (exact) mass is 1220 g/mol. The van der Waals surface area contributed by atoms with Crippen LogP contribution in [0.15, 0.2) is 146 Å². The number of aliphatic hydroxyl groups excluding tert-OH is 1. The van der Waals surface area contributed by atoms with E-state index < -0.39 is 6.10 Å². The van der Waals surface area contributed by atoms with Crippen molar-refractivity contribution in [2.75, 3.05) is 13.2 Å². The maximum atomic E-state index is 12.4. The van der Waals surface area contributed by atoms with E-state index in [1.165, 1.54) is 205 Å². The maximum Gasteiger partial charge on any atom is 0.306 e. The molecular weight excluding hydrogens is 1080 g/mol. The van der Waals surface area contributed by atoms with Crippen molar-refractivity contribution in [1.29, 1.82) is 0 Å². The minimum Gasteiger partial charge on any atom is -0.462 e. The Bertz CT molecular complexity index is 1810. The second kappa shape index (κ2) is 77.0. The van der Waals surface area contributed by atoms with Crippen molar-refractivity contribution in [2.24, 2.45) is 0 Å². The van der Waals surface area contributed by atoms with Crippen LogP contribution < -0.4 is 0 Å². The van der Waals surface area contributed by atoms with Crippen molar-refractivity contribution in [1.82, 2.24) is 0 Å². The summed E-state index contributed by atoms with van der Waals surface area (Å²) < 4.78 is 10.8. The first-order valence-electron chi connectivity index (χ1n) is 37.4. The molecule has 1 unspecified atom stereocenters.